The first kappa shape index (κ1) is 22.1. The Bertz CT molecular complexity index is 1060. The van der Waals surface area contributed by atoms with Crippen LogP contribution in [0.15, 0.2) is 41.3 Å². The molecule has 156 valence electrons. The van der Waals surface area contributed by atoms with Crippen LogP contribution < -0.4 is 14.4 Å². The van der Waals surface area contributed by atoms with E-state index in [-0.39, 0.29) is 16.7 Å². The van der Waals surface area contributed by atoms with Crippen LogP contribution in [0.5, 0.6) is 11.5 Å². The number of aliphatic carboxylic acids is 1. The third-order valence-electron chi connectivity index (χ3n) is 3.87. The lowest BCUT2D eigenvalue weighted by Crippen LogP contribution is -2.27. The minimum absolute atomic E-state index is 0.108. The van der Waals surface area contributed by atoms with Gasteiger partial charge in [-0.2, -0.15) is 0 Å². The van der Waals surface area contributed by atoms with Crippen LogP contribution in [-0.2, 0) is 9.59 Å². The van der Waals surface area contributed by atoms with Crippen molar-refractivity contribution in [3.63, 3.8) is 0 Å². The number of nitrogens with zero attached hydrogens (tertiary/aromatic N) is 1. The number of ether oxygens (including phenoxy) is 2. The number of rotatable bonds is 7. The van der Waals surface area contributed by atoms with E-state index >= 15 is 0 Å². The molecule has 0 radical (unpaired) electrons. The van der Waals surface area contributed by atoms with Crippen molar-refractivity contribution in [1.29, 1.82) is 0 Å². The van der Waals surface area contributed by atoms with Gasteiger partial charge >= 0.3 is 5.97 Å². The Hall–Kier alpha value is -2.62. The number of thiocarbonyl (C=S) groups is 1. The molecule has 1 fully saturated rings. The predicted octanol–water partition coefficient (Wildman–Crippen LogP) is 4.75. The lowest BCUT2D eigenvalue weighted by atomic mass is 10.1. The topological polar surface area (TPSA) is 76.1 Å². The molecule has 6 nitrogen and oxygen atoms in total. The fraction of sp³-hybridized carbons (Fsp3) is 0.150. The van der Waals surface area contributed by atoms with Gasteiger partial charge in [-0.1, -0.05) is 41.6 Å². The third kappa shape index (κ3) is 4.92. The Labute approximate surface area is 186 Å². The number of benzene rings is 2. The van der Waals surface area contributed by atoms with Crippen LogP contribution >= 0.6 is 35.6 Å². The summed E-state index contributed by atoms with van der Waals surface area (Å²) >= 11 is 12.2. The van der Waals surface area contributed by atoms with E-state index in [0.717, 1.165) is 11.8 Å². The summed E-state index contributed by atoms with van der Waals surface area (Å²) in [5.74, 6) is -1.42. The number of thioether (sulfide) groups is 1. The van der Waals surface area contributed by atoms with Crippen molar-refractivity contribution in [2.24, 2.45) is 0 Å². The highest BCUT2D eigenvalue weighted by Gasteiger charge is 2.33. The summed E-state index contributed by atoms with van der Waals surface area (Å²) in [7, 11) is 0. The van der Waals surface area contributed by atoms with E-state index in [0.29, 0.717) is 32.8 Å². The van der Waals surface area contributed by atoms with Crippen molar-refractivity contribution in [2.75, 3.05) is 18.1 Å². The zero-order valence-corrected chi connectivity index (χ0v) is 17.9. The van der Waals surface area contributed by atoms with Crippen molar-refractivity contribution in [1.82, 2.24) is 0 Å². The Balaban J connectivity index is 1.88. The summed E-state index contributed by atoms with van der Waals surface area (Å²) in [5.41, 5.74) is 1.01. The van der Waals surface area contributed by atoms with Crippen LogP contribution in [0.1, 0.15) is 12.5 Å². The van der Waals surface area contributed by atoms with Crippen molar-refractivity contribution >= 4 is 63.5 Å². The Morgan fingerprint density at radius 3 is 2.70 bits per heavy atom. The maximum absolute atomic E-state index is 13.4. The standard InChI is InChI=1S/C20H15ClFNO5S2/c1-2-27-16-7-11(3-6-15(16)28-10-18(24)25)8-17-19(26)23(20(29)30-17)12-4-5-14(22)13(21)9-12/h3-9H,2,10H2,1H3,(H,24,25)/b17-8+. The van der Waals surface area contributed by atoms with E-state index < -0.39 is 18.4 Å². The van der Waals surface area contributed by atoms with Gasteiger partial charge in [0.2, 0.25) is 0 Å². The summed E-state index contributed by atoms with van der Waals surface area (Å²) in [4.78, 5) is 25.2. The molecule has 3 rings (SSSR count). The number of amides is 1. The normalized spacial score (nSPS) is 15.0. The summed E-state index contributed by atoms with van der Waals surface area (Å²) in [5, 5.41) is 8.68. The number of carbonyl (C=O) groups is 2. The van der Waals surface area contributed by atoms with Crippen LogP contribution in [0, 0.1) is 5.82 Å². The monoisotopic (exact) mass is 467 g/mol. The molecule has 1 N–H and O–H groups in total. The summed E-state index contributed by atoms with van der Waals surface area (Å²) < 4.78 is 24.5. The lowest BCUT2D eigenvalue weighted by Gasteiger charge is -2.14. The van der Waals surface area contributed by atoms with Gasteiger partial charge in [0.15, 0.2) is 22.4 Å². The van der Waals surface area contributed by atoms with E-state index in [2.05, 4.69) is 0 Å². The van der Waals surface area contributed by atoms with Gasteiger partial charge in [-0.3, -0.25) is 9.69 Å². The fourth-order valence-corrected chi connectivity index (χ4v) is 4.08. The summed E-state index contributed by atoms with van der Waals surface area (Å²) in [6, 6.07) is 8.82. The molecule has 1 saturated heterocycles. The molecule has 0 saturated carbocycles. The quantitative estimate of drug-likeness (QED) is 0.465. The van der Waals surface area contributed by atoms with Gasteiger partial charge in [-0.25, -0.2) is 9.18 Å². The molecule has 1 aliphatic rings. The van der Waals surface area contributed by atoms with Crippen LogP contribution in [0.4, 0.5) is 10.1 Å². The SMILES string of the molecule is CCOc1cc(/C=C2/SC(=S)N(c3ccc(F)c(Cl)c3)C2=O)ccc1OCC(=O)O. The van der Waals surface area contributed by atoms with Gasteiger partial charge in [0, 0.05) is 0 Å². The number of hydrogen-bond donors (Lipinski definition) is 1. The van der Waals surface area contributed by atoms with Crippen LogP contribution in [0.2, 0.25) is 5.02 Å². The van der Waals surface area contributed by atoms with E-state index in [1.807, 2.05) is 0 Å². The maximum atomic E-state index is 13.4. The first-order valence-corrected chi connectivity index (χ1v) is 10.2. The molecule has 0 spiro atoms. The number of halogens is 2. The van der Waals surface area contributed by atoms with Gasteiger partial charge in [0.1, 0.15) is 5.82 Å². The van der Waals surface area contributed by atoms with E-state index in [4.69, 9.17) is 38.4 Å². The van der Waals surface area contributed by atoms with Crippen LogP contribution in [0.25, 0.3) is 6.08 Å². The highest BCUT2D eigenvalue weighted by atomic mass is 35.5. The zero-order chi connectivity index (χ0) is 21.8. The molecule has 0 unspecified atom stereocenters. The molecule has 1 amide bonds. The summed E-state index contributed by atoms with van der Waals surface area (Å²) in [6.45, 7) is 1.63. The minimum atomic E-state index is -1.11. The molecule has 2 aromatic rings. The van der Waals surface area contributed by atoms with Gasteiger partial charge < -0.3 is 14.6 Å². The van der Waals surface area contributed by atoms with Crippen LogP contribution in [0.3, 0.4) is 0 Å². The smallest absolute Gasteiger partial charge is 0.341 e. The Kier molecular flexibility index (Phi) is 6.96. The fourth-order valence-electron chi connectivity index (χ4n) is 2.61. The number of carbonyl (C=O) groups excluding carboxylic acids is 1. The first-order chi connectivity index (χ1) is 14.3. The van der Waals surface area contributed by atoms with Crippen molar-refractivity contribution < 1.29 is 28.6 Å². The molecule has 1 heterocycles. The van der Waals surface area contributed by atoms with Crippen molar-refractivity contribution in [2.45, 2.75) is 6.92 Å². The number of carboxylic acids is 1. The van der Waals surface area contributed by atoms with Gasteiger partial charge in [0.25, 0.3) is 5.91 Å². The average molecular weight is 468 g/mol. The molecular weight excluding hydrogens is 453 g/mol. The molecule has 0 aliphatic carbocycles. The minimum Gasteiger partial charge on any atom is -0.490 e. The summed E-state index contributed by atoms with van der Waals surface area (Å²) in [6.07, 6.45) is 1.63. The second-order valence-corrected chi connectivity index (χ2v) is 8.02. The van der Waals surface area contributed by atoms with E-state index in [1.54, 1.807) is 31.2 Å². The number of carboxylic acid groups (broad SMARTS) is 1. The molecular formula is C20H15ClFNO5S2. The molecule has 0 bridgehead atoms. The second-order valence-electron chi connectivity index (χ2n) is 5.94. The molecule has 30 heavy (non-hydrogen) atoms. The van der Waals surface area contributed by atoms with Crippen molar-refractivity contribution in [3.05, 3.63) is 57.7 Å². The van der Waals surface area contributed by atoms with Gasteiger partial charge in [-0.15, -0.1) is 0 Å². The molecule has 2 aromatic carbocycles. The molecule has 0 atom stereocenters. The van der Waals surface area contributed by atoms with E-state index in [1.165, 1.54) is 23.1 Å². The van der Waals surface area contributed by atoms with Crippen molar-refractivity contribution in [3.8, 4) is 11.5 Å². The first-order valence-electron chi connectivity index (χ1n) is 8.64. The second kappa shape index (κ2) is 9.46. The zero-order valence-electron chi connectivity index (χ0n) is 15.6. The average Bonchev–Trinajstić information content (AvgIpc) is 2.97. The Morgan fingerprint density at radius 1 is 1.27 bits per heavy atom. The molecule has 1 aliphatic heterocycles. The maximum Gasteiger partial charge on any atom is 0.341 e. The van der Waals surface area contributed by atoms with E-state index in [9.17, 15) is 14.0 Å². The van der Waals surface area contributed by atoms with Gasteiger partial charge in [-0.05, 0) is 48.9 Å². The number of anilines is 1. The van der Waals surface area contributed by atoms with Crippen LogP contribution in [-0.4, -0.2) is 34.5 Å². The predicted molar refractivity (Wildman–Crippen MR) is 118 cm³/mol. The van der Waals surface area contributed by atoms with Gasteiger partial charge in [0.05, 0.1) is 22.2 Å². The molecule has 0 aromatic heterocycles. The Morgan fingerprint density at radius 2 is 2.03 bits per heavy atom. The highest BCUT2D eigenvalue weighted by Crippen LogP contribution is 2.38. The third-order valence-corrected chi connectivity index (χ3v) is 5.46. The largest absolute Gasteiger partial charge is 0.490 e. The number of hydrogen-bond acceptors (Lipinski definition) is 6. The molecule has 10 heteroatoms. The highest BCUT2D eigenvalue weighted by molar-refractivity contribution is 8.27. The lowest BCUT2D eigenvalue weighted by molar-refractivity contribution is -0.139.